The topological polar surface area (TPSA) is 68.9 Å². The van der Waals surface area contributed by atoms with Crippen molar-refractivity contribution in [2.45, 2.75) is 45.3 Å². The second kappa shape index (κ2) is 10.7. The average Bonchev–Trinajstić information content (AvgIpc) is 2.57. The van der Waals surface area contributed by atoms with E-state index in [0.29, 0.717) is 12.5 Å². The van der Waals surface area contributed by atoms with E-state index in [1.54, 1.807) is 12.1 Å². The van der Waals surface area contributed by atoms with E-state index in [9.17, 15) is 13.2 Å². The van der Waals surface area contributed by atoms with Crippen LogP contribution in [0.1, 0.15) is 38.2 Å². The number of rotatable bonds is 10. The predicted octanol–water partition coefficient (Wildman–Crippen LogP) is 3.62. The van der Waals surface area contributed by atoms with Crippen LogP contribution in [-0.2, 0) is 6.54 Å². The van der Waals surface area contributed by atoms with Crippen LogP contribution in [0.15, 0.2) is 23.2 Å². The zero-order valence-corrected chi connectivity index (χ0v) is 14.7. The first-order valence-electron chi connectivity index (χ1n) is 8.26. The van der Waals surface area contributed by atoms with Gasteiger partial charge in [0.05, 0.1) is 13.7 Å². The Bertz CT molecular complexity index is 548. The zero-order chi connectivity index (χ0) is 18.7. The fourth-order valence-corrected chi connectivity index (χ4v) is 2.09. The van der Waals surface area contributed by atoms with Gasteiger partial charge in [-0.1, -0.05) is 32.3 Å². The highest BCUT2D eigenvalue weighted by atomic mass is 19.4. The van der Waals surface area contributed by atoms with Crippen molar-refractivity contribution in [3.05, 3.63) is 23.8 Å². The summed E-state index contributed by atoms with van der Waals surface area (Å²) in [6.07, 6.45) is 0.150. The van der Waals surface area contributed by atoms with Gasteiger partial charge in [0.2, 0.25) is 0 Å². The normalized spacial score (nSPS) is 12.1. The third kappa shape index (κ3) is 9.07. The number of halogens is 3. The van der Waals surface area contributed by atoms with Crippen molar-refractivity contribution in [3.8, 4) is 11.5 Å². The first-order chi connectivity index (χ1) is 11.9. The van der Waals surface area contributed by atoms with Crippen LogP contribution in [0.4, 0.5) is 13.2 Å². The molecule has 25 heavy (non-hydrogen) atoms. The summed E-state index contributed by atoms with van der Waals surface area (Å²) < 4.78 is 46.5. The Morgan fingerprint density at radius 3 is 2.60 bits per heavy atom. The van der Waals surface area contributed by atoms with Crippen molar-refractivity contribution in [2.75, 3.05) is 20.3 Å². The molecule has 0 saturated heterocycles. The van der Waals surface area contributed by atoms with Crippen LogP contribution in [0.5, 0.6) is 11.5 Å². The summed E-state index contributed by atoms with van der Waals surface area (Å²) in [5.74, 6) is 0.602. The molecule has 0 spiro atoms. The van der Waals surface area contributed by atoms with E-state index in [-0.39, 0.29) is 11.5 Å². The van der Waals surface area contributed by atoms with Crippen molar-refractivity contribution in [1.29, 1.82) is 0 Å². The van der Waals surface area contributed by atoms with Gasteiger partial charge in [-0.05, 0) is 24.1 Å². The predicted molar refractivity (Wildman–Crippen MR) is 92.0 cm³/mol. The molecule has 0 aliphatic rings. The first kappa shape index (κ1) is 20.9. The molecule has 0 aliphatic heterocycles. The van der Waals surface area contributed by atoms with Crippen LogP contribution in [-0.4, -0.2) is 32.4 Å². The smallest absolute Gasteiger partial charge is 0.422 e. The molecular formula is C17H26F3N3O2. The molecule has 1 aromatic carbocycles. The van der Waals surface area contributed by atoms with E-state index in [4.69, 9.17) is 15.2 Å². The van der Waals surface area contributed by atoms with E-state index < -0.39 is 12.8 Å². The number of alkyl halides is 3. The summed E-state index contributed by atoms with van der Waals surface area (Å²) in [5, 5.41) is 3.04. The van der Waals surface area contributed by atoms with Crippen LogP contribution in [0.2, 0.25) is 0 Å². The Kier molecular flexibility index (Phi) is 8.94. The zero-order valence-electron chi connectivity index (χ0n) is 14.7. The Hall–Kier alpha value is -2.12. The first-order valence-corrected chi connectivity index (χ1v) is 8.26. The largest absolute Gasteiger partial charge is 0.493 e. The molecule has 0 saturated carbocycles. The summed E-state index contributed by atoms with van der Waals surface area (Å²) in [7, 11) is 1.37. The van der Waals surface area contributed by atoms with Crippen molar-refractivity contribution in [2.24, 2.45) is 10.7 Å². The fourth-order valence-electron chi connectivity index (χ4n) is 2.09. The van der Waals surface area contributed by atoms with Crippen LogP contribution >= 0.6 is 0 Å². The number of unbranched alkanes of at least 4 members (excludes halogenated alkanes) is 3. The van der Waals surface area contributed by atoms with Crippen molar-refractivity contribution < 1.29 is 22.6 Å². The van der Waals surface area contributed by atoms with E-state index in [0.717, 1.165) is 24.9 Å². The number of aliphatic imine (C=N–C) groups is 1. The standard InChI is InChI=1S/C17H26F3N3O2/c1-3-4-5-6-9-22-16(21)23-11-13-7-8-14(15(10-13)24-2)25-12-17(18,19)20/h7-8,10H,3-6,9,11-12H2,1-2H3,(H3,21,22,23). The van der Waals surface area contributed by atoms with Crippen LogP contribution in [0.3, 0.4) is 0 Å². The molecule has 0 aromatic heterocycles. The lowest BCUT2D eigenvalue weighted by molar-refractivity contribution is -0.153. The van der Waals surface area contributed by atoms with E-state index in [1.165, 1.54) is 26.0 Å². The second-order valence-electron chi connectivity index (χ2n) is 5.58. The summed E-state index contributed by atoms with van der Waals surface area (Å²) >= 11 is 0. The summed E-state index contributed by atoms with van der Waals surface area (Å²) in [4.78, 5) is 4.21. The Morgan fingerprint density at radius 1 is 1.20 bits per heavy atom. The van der Waals surface area contributed by atoms with E-state index >= 15 is 0 Å². The average molecular weight is 361 g/mol. The maximum atomic E-state index is 12.2. The quantitative estimate of drug-likeness (QED) is 0.379. The number of nitrogens with two attached hydrogens (primary N) is 1. The molecule has 142 valence electrons. The molecule has 1 aromatic rings. The van der Waals surface area contributed by atoms with Gasteiger partial charge in [0, 0.05) is 6.54 Å². The second-order valence-corrected chi connectivity index (χ2v) is 5.58. The van der Waals surface area contributed by atoms with Gasteiger partial charge in [0.1, 0.15) is 0 Å². The number of guanidine groups is 1. The molecule has 8 heteroatoms. The minimum Gasteiger partial charge on any atom is -0.493 e. The van der Waals surface area contributed by atoms with Gasteiger partial charge in [-0.3, -0.25) is 0 Å². The third-order valence-electron chi connectivity index (χ3n) is 3.39. The number of methoxy groups -OCH3 is 1. The van der Waals surface area contributed by atoms with Crippen molar-refractivity contribution in [3.63, 3.8) is 0 Å². The van der Waals surface area contributed by atoms with Gasteiger partial charge < -0.3 is 20.5 Å². The van der Waals surface area contributed by atoms with Crippen LogP contribution in [0, 0.1) is 0 Å². The van der Waals surface area contributed by atoms with Gasteiger partial charge >= 0.3 is 6.18 Å². The minimum atomic E-state index is -4.40. The number of nitrogens with zero attached hydrogens (tertiary/aromatic N) is 1. The Labute approximate surface area is 146 Å². The van der Waals surface area contributed by atoms with Gasteiger partial charge in [0.25, 0.3) is 0 Å². The molecule has 1 rings (SSSR count). The van der Waals surface area contributed by atoms with Gasteiger partial charge in [-0.2, -0.15) is 13.2 Å². The van der Waals surface area contributed by atoms with Crippen LogP contribution in [0.25, 0.3) is 0 Å². The van der Waals surface area contributed by atoms with E-state index in [1.807, 2.05) is 0 Å². The molecule has 0 atom stereocenters. The molecule has 0 fully saturated rings. The summed E-state index contributed by atoms with van der Waals surface area (Å²) in [6, 6.07) is 4.65. The monoisotopic (exact) mass is 361 g/mol. The van der Waals surface area contributed by atoms with E-state index in [2.05, 4.69) is 17.2 Å². The number of benzene rings is 1. The lowest BCUT2D eigenvalue weighted by Gasteiger charge is -2.13. The molecule has 5 nitrogen and oxygen atoms in total. The third-order valence-corrected chi connectivity index (χ3v) is 3.39. The summed E-state index contributed by atoms with van der Waals surface area (Å²) in [5.41, 5.74) is 6.55. The SMILES string of the molecule is CCCCCCNC(N)=NCc1ccc(OCC(F)(F)F)c(OC)c1. The molecule has 0 heterocycles. The molecule has 0 amide bonds. The van der Waals surface area contributed by atoms with Crippen LogP contribution < -0.4 is 20.5 Å². The number of hydrogen-bond donors (Lipinski definition) is 2. The molecule has 3 N–H and O–H groups in total. The molecule has 0 aliphatic carbocycles. The maximum absolute atomic E-state index is 12.2. The van der Waals surface area contributed by atoms with Gasteiger partial charge in [0.15, 0.2) is 24.1 Å². The molecule has 0 radical (unpaired) electrons. The van der Waals surface area contributed by atoms with Crippen molar-refractivity contribution >= 4 is 5.96 Å². The fraction of sp³-hybridized carbons (Fsp3) is 0.588. The van der Waals surface area contributed by atoms with Gasteiger partial charge in [-0.15, -0.1) is 0 Å². The maximum Gasteiger partial charge on any atom is 0.422 e. The number of ether oxygens (including phenoxy) is 2. The molecule has 0 bridgehead atoms. The molecular weight excluding hydrogens is 335 g/mol. The Balaban J connectivity index is 2.54. The highest BCUT2D eigenvalue weighted by molar-refractivity contribution is 5.77. The lowest BCUT2D eigenvalue weighted by atomic mass is 10.2. The molecule has 0 unspecified atom stereocenters. The van der Waals surface area contributed by atoms with Crippen molar-refractivity contribution in [1.82, 2.24) is 5.32 Å². The minimum absolute atomic E-state index is 0.0366. The number of hydrogen-bond acceptors (Lipinski definition) is 3. The highest BCUT2D eigenvalue weighted by Crippen LogP contribution is 2.30. The number of nitrogens with one attached hydrogen (secondary N) is 1. The Morgan fingerprint density at radius 2 is 1.96 bits per heavy atom. The summed E-state index contributed by atoms with van der Waals surface area (Å²) in [6.45, 7) is 1.85. The lowest BCUT2D eigenvalue weighted by Crippen LogP contribution is -2.32. The highest BCUT2D eigenvalue weighted by Gasteiger charge is 2.29. The van der Waals surface area contributed by atoms with Gasteiger partial charge in [-0.25, -0.2) is 4.99 Å².